The summed E-state index contributed by atoms with van der Waals surface area (Å²) in [5, 5.41) is 0. The van der Waals surface area contributed by atoms with Crippen molar-refractivity contribution < 1.29 is 4.39 Å². The fourth-order valence-electron chi connectivity index (χ4n) is 1.92. The number of pyridine rings is 1. The maximum Gasteiger partial charge on any atom is 0.146 e. The molecule has 0 bridgehead atoms. The van der Waals surface area contributed by atoms with Crippen LogP contribution in [-0.2, 0) is 6.54 Å². The highest BCUT2D eigenvalue weighted by molar-refractivity contribution is 5.48. The van der Waals surface area contributed by atoms with Crippen LogP contribution in [0.25, 0.3) is 0 Å². The Labute approximate surface area is 112 Å². The molecule has 0 spiro atoms. The summed E-state index contributed by atoms with van der Waals surface area (Å²) in [6.07, 6.45) is 0. The number of anilines is 2. The first kappa shape index (κ1) is 13.3. The first-order chi connectivity index (χ1) is 9.24. The molecule has 100 valence electrons. The normalized spacial score (nSPS) is 10.3. The lowest BCUT2D eigenvalue weighted by Gasteiger charge is -2.23. The minimum absolute atomic E-state index is 0.225. The molecule has 0 aliphatic carbocycles. The smallest absolute Gasteiger partial charge is 0.146 e. The lowest BCUT2D eigenvalue weighted by molar-refractivity contribution is 0.617. The van der Waals surface area contributed by atoms with Crippen LogP contribution in [0.2, 0.25) is 0 Å². The molecule has 0 radical (unpaired) electrons. The zero-order chi connectivity index (χ0) is 13.7. The number of aromatic nitrogens is 1. The lowest BCUT2D eigenvalue weighted by Crippen LogP contribution is -2.24. The highest BCUT2D eigenvalue weighted by atomic mass is 19.1. The largest absolute Gasteiger partial charge is 0.364 e. The third-order valence-electron chi connectivity index (χ3n) is 2.88. The van der Waals surface area contributed by atoms with Crippen LogP contribution in [0.1, 0.15) is 12.6 Å². The van der Waals surface area contributed by atoms with Gasteiger partial charge < -0.3 is 10.3 Å². The summed E-state index contributed by atoms with van der Waals surface area (Å²) in [6, 6.07) is 12.3. The monoisotopic (exact) mass is 260 g/mol. The molecule has 0 saturated carbocycles. The van der Waals surface area contributed by atoms with Crippen molar-refractivity contribution >= 4 is 11.5 Å². The Balaban J connectivity index is 2.21. The Morgan fingerprint density at radius 1 is 1.21 bits per heavy atom. The first-order valence-corrected chi connectivity index (χ1v) is 6.16. The zero-order valence-corrected chi connectivity index (χ0v) is 10.8. The zero-order valence-electron chi connectivity index (χ0n) is 10.8. The highest BCUT2D eigenvalue weighted by Gasteiger charge is 2.10. The van der Waals surface area contributed by atoms with E-state index in [1.54, 1.807) is 18.2 Å². The van der Waals surface area contributed by atoms with E-state index in [-0.39, 0.29) is 5.82 Å². The van der Waals surface area contributed by atoms with Crippen molar-refractivity contribution in [2.45, 2.75) is 13.5 Å². The van der Waals surface area contributed by atoms with Crippen LogP contribution >= 0.6 is 0 Å². The molecule has 2 rings (SSSR count). The SMILES string of the molecule is CCN(Cc1cccc(NN)n1)c1ccccc1F. The van der Waals surface area contributed by atoms with E-state index in [0.717, 1.165) is 5.69 Å². The van der Waals surface area contributed by atoms with Gasteiger partial charge in [0.1, 0.15) is 11.6 Å². The summed E-state index contributed by atoms with van der Waals surface area (Å²) in [4.78, 5) is 6.26. The van der Waals surface area contributed by atoms with Gasteiger partial charge in [0, 0.05) is 6.54 Å². The van der Waals surface area contributed by atoms with Gasteiger partial charge in [0.05, 0.1) is 17.9 Å². The lowest BCUT2D eigenvalue weighted by atomic mass is 10.2. The molecule has 3 N–H and O–H groups in total. The Bertz CT molecular complexity index is 544. The molecule has 5 heteroatoms. The molecular formula is C14H17FN4. The van der Waals surface area contributed by atoms with Crippen LogP contribution in [0.5, 0.6) is 0 Å². The number of nitrogens with one attached hydrogen (secondary N) is 1. The third-order valence-corrected chi connectivity index (χ3v) is 2.88. The predicted octanol–water partition coefficient (Wildman–Crippen LogP) is 2.53. The molecule has 0 unspecified atom stereocenters. The molecule has 0 fully saturated rings. The fraction of sp³-hybridized carbons (Fsp3) is 0.214. The topological polar surface area (TPSA) is 54.2 Å². The predicted molar refractivity (Wildman–Crippen MR) is 75.2 cm³/mol. The highest BCUT2D eigenvalue weighted by Crippen LogP contribution is 2.20. The molecule has 4 nitrogen and oxygen atoms in total. The molecule has 0 amide bonds. The molecule has 0 saturated heterocycles. The molecule has 1 heterocycles. The van der Waals surface area contributed by atoms with E-state index < -0.39 is 0 Å². The second kappa shape index (κ2) is 6.15. The van der Waals surface area contributed by atoms with Gasteiger partial charge in [0.15, 0.2) is 0 Å². The van der Waals surface area contributed by atoms with Crippen molar-refractivity contribution in [2.24, 2.45) is 5.84 Å². The van der Waals surface area contributed by atoms with Crippen LogP contribution in [0.15, 0.2) is 42.5 Å². The maximum atomic E-state index is 13.8. The van der Waals surface area contributed by atoms with Gasteiger partial charge in [0.2, 0.25) is 0 Å². The molecule has 19 heavy (non-hydrogen) atoms. The van der Waals surface area contributed by atoms with E-state index in [1.165, 1.54) is 6.07 Å². The second-order valence-corrected chi connectivity index (χ2v) is 4.12. The maximum absolute atomic E-state index is 13.8. The van der Waals surface area contributed by atoms with Gasteiger partial charge in [-0.25, -0.2) is 15.2 Å². The van der Waals surface area contributed by atoms with Crippen molar-refractivity contribution in [3.63, 3.8) is 0 Å². The van der Waals surface area contributed by atoms with Gasteiger partial charge in [-0.2, -0.15) is 0 Å². The molecule has 2 aromatic rings. The summed E-state index contributed by atoms with van der Waals surface area (Å²) in [6.45, 7) is 3.22. The van der Waals surface area contributed by atoms with Crippen molar-refractivity contribution in [3.8, 4) is 0 Å². The average Bonchev–Trinajstić information content (AvgIpc) is 2.46. The third kappa shape index (κ3) is 3.20. The fourth-order valence-corrected chi connectivity index (χ4v) is 1.92. The molecule has 0 atom stereocenters. The van der Waals surface area contributed by atoms with Crippen LogP contribution in [0, 0.1) is 5.82 Å². The number of nitrogens with two attached hydrogens (primary N) is 1. The quantitative estimate of drug-likeness (QED) is 0.640. The van der Waals surface area contributed by atoms with Gasteiger partial charge >= 0.3 is 0 Å². The number of nitrogens with zero attached hydrogens (tertiary/aromatic N) is 2. The van der Waals surface area contributed by atoms with Gasteiger partial charge in [-0.3, -0.25) is 0 Å². The molecule has 1 aromatic heterocycles. The minimum Gasteiger partial charge on any atom is -0.364 e. The Morgan fingerprint density at radius 2 is 2.00 bits per heavy atom. The molecule has 0 aliphatic heterocycles. The number of hydrogen-bond donors (Lipinski definition) is 2. The van der Waals surface area contributed by atoms with Gasteiger partial charge in [-0.05, 0) is 31.2 Å². The molecular weight excluding hydrogens is 243 g/mol. The average molecular weight is 260 g/mol. The number of nitrogen functional groups attached to an aromatic ring is 1. The van der Waals surface area contributed by atoms with E-state index >= 15 is 0 Å². The van der Waals surface area contributed by atoms with E-state index in [2.05, 4.69) is 10.4 Å². The number of hydrogen-bond acceptors (Lipinski definition) is 4. The van der Waals surface area contributed by atoms with Crippen molar-refractivity contribution in [3.05, 3.63) is 54.0 Å². The van der Waals surface area contributed by atoms with E-state index in [4.69, 9.17) is 5.84 Å². The van der Waals surface area contributed by atoms with Gasteiger partial charge in [-0.1, -0.05) is 18.2 Å². The minimum atomic E-state index is -0.225. The second-order valence-electron chi connectivity index (χ2n) is 4.12. The standard InChI is InChI=1S/C14H17FN4/c1-2-19(13-8-4-3-7-12(13)15)10-11-6-5-9-14(17-11)18-16/h3-9H,2,10,16H2,1H3,(H,17,18). The number of halogens is 1. The molecule has 0 aliphatic rings. The van der Waals surface area contributed by atoms with E-state index in [0.29, 0.717) is 24.6 Å². The summed E-state index contributed by atoms with van der Waals surface area (Å²) < 4.78 is 13.8. The van der Waals surface area contributed by atoms with E-state index in [9.17, 15) is 4.39 Å². The van der Waals surface area contributed by atoms with Crippen molar-refractivity contribution in [2.75, 3.05) is 16.9 Å². The first-order valence-electron chi connectivity index (χ1n) is 6.16. The summed E-state index contributed by atoms with van der Waals surface area (Å²) in [5.74, 6) is 5.71. The van der Waals surface area contributed by atoms with Gasteiger partial charge in [0.25, 0.3) is 0 Å². The summed E-state index contributed by atoms with van der Waals surface area (Å²) >= 11 is 0. The number of para-hydroxylation sites is 1. The van der Waals surface area contributed by atoms with Crippen molar-refractivity contribution in [1.29, 1.82) is 0 Å². The number of benzene rings is 1. The number of rotatable bonds is 5. The van der Waals surface area contributed by atoms with Crippen LogP contribution in [0.3, 0.4) is 0 Å². The summed E-state index contributed by atoms with van der Waals surface area (Å²) in [5.41, 5.74) is 3.92. The van der Waals surface area contributed by atoms with Crippen molar-refractivity contribution in [1.82, 2.24) is 4.98 Å². The van der Waals surface area contributed by atoms with Crippen LogP contribution in [-0.4, -0.2) is 11.5 Å². The molecule has 1 aromatic carbocycles. The summed E-state index contributed by atoms with van der Waals surface area (Å²) in [7, 11) is 0. The van der Waals surface area contributed by atoms with Crippen LogP contribution < -0.4 is 16.2 Å². The van der Waals surface area contributed by atoms with E-state index in [1.807, 2.05) is 30.0 Å². The Hall–Kier alpha value is -2.14. The Kier molecular flexibility index (Phi) is 4.30. The number of hydrazine groups is 1. The van der Waals surface area contributed by atoms with Gasteiger partial charge in [-0.15, -0.1) is 0 Å². The Morgan fingerprint density at radius 3 is 2.68 bits per heavy atom. The van der Waals surface area contributed by atoms with Crippen LogP contribution in [0.4, 0.5) is 15.9 Å².